The Balaban J connectivity index is 1.57. The number of alkyl carbamates (subject to hydrolysis) is 1. The molecule has 0 unspecified atom stereocenters. The Hall–Kier alpha value is -2.41. The molecule has 0 spiro atoms. The topological polar surface area (TPSA) is 93.6 Å². The maximum atomic E-state index is 12.0. The van der Waals surface area contributed by atoms with Crippen LogP contribution in [0.25, 0.3) is 11.0 Å². The summed E-state index contributed by atoms with van der Waals surface area (Å²) in [5.41, 5.74) is 2.03. The van der Waals surface area contributed by atoms with Crippen LogP contribution in [0.15, 0.2) is 24.4 Å². The standard InChI is InChI=1S/C22H31N3O4/c1-22(2,3)29-21(27)24-16-7-5-14(6-8-16)18(26)13-15-11-12-23-17-9-10-19(28-4)25-20(15)17/h9-12,14,16,18,26H,5-8,13H2,1-4H3,(H,24,27)/t14-,16-,18-/m0/s1. The van der Waals surface area contributed by atoms with E-state index in [9.17, 15) is 9.90 Å². The summed E-state index contributed by atoms with van der Waals surface area (Å²) in [7, 11) is 1.59. The number of aliphatic hydroxyl groups is 1. The number of pyridine rings is 2. The van der Waals surface area contributed by atoms with Gasteiger partial charge in [0.25, 0.3) is 0 Å². The number of methoxy groups -OCH3 is 1. The molecule has 1 atom stereocenters. The number of nitrogens with one attached hydrogen (secondary N) is 1. The third-order valence-corrected chi connectivity index (χ3v) is 5.32. The van der Waals surface area contributed by atoms with Gasteiger partial charge in [0.15, 0.2) is 0 Å². The van der Waals surface area contributed by atoms with Crippen molar-refractivity contribution in [3.05, 3.63) is 30.0 Å². The molecule has 1 aliphatic rings. The first kappa shape index (κ1) is 21.3. The Morgan fingerprint density at radius 3 is 2.62 bits per heavy atom. The molecule has 1 fully saturated rings. The molecule has 2 aromatic heterocycles. The van der Waals surface area contributed by atoms with E-state index < -0.39 is 11.7 Å². The van der Waals surface area contributed by atoms with Gasteiger partial charge < -0.3 is 19.9 Å². The highest BCUT2D eigenvalue weighted by Gasteiger charge is 2.29. The van der Waals surface area contributed by atoms with Gasteiger partial charge in [0.1, 0.15) is 5.60 Å². The first-order valence-corrected chi connectivity index (χ1v) is 10.2. The summed E-state index contributed by atoms with van der Waals surface area (Å²) in [6.45, 7) is 5.56. The fourth-order valence-corrected chi connectivity index (χ4v) is 3.85. The Morgan fingerprint density at radius 1 is 1.24 bits per heavy atom. The third-order valence-electron chi connectivity index (χ3n) is 5.32. The summed E-state index contributed by atoms with van der Waals surface area (Å²) in [6.07, 6.45) is 4.84. The van der Waals surface area contributed by atoms with E-state index in [0.29, 0.717) is 12.3 Å². The van der Waals surface area contributed by atoms with Crippen molar-refractivity contribution < 1.29 is 19.4 Å². The van der Waals surface area contributed by atoms with Crippen molar-refractivity contribution in [1.82, 2.24) is 15.3 Å². The van der Waals surface area contributed by atoms with Gasteiger partial charge in [-0.15, -0.1) is 0 Å². The maximum absolute atomic E-state index is 12.0. The zero-order valence-corrected chi connectivity index (χ0v) is 17.6. The quantitative estimate of drug-likeness (QED) is 0.795. The normalized spacial score (nSPS) is 20.9. The van der Waals surface area contributed by atoms with Crippen molar-refractivity contribution in [1.29, 1.82) is 0 Å². The molecule has 0 saturated heterocycles. The zero-order chi connectivity index (χ0) is 21.0. The van der Waals surface area contributed by atoms with E-state index in [-0.39, 0.29) is 18.1 Å². The first-order valence-electron chi connectivity index (χ1n) is 10.2. The second-order valence-corrected chi connectivity index (χ2v) is 8.72. The van der Waals surface area contributed by atoms with Crippen molar-refractivity contribution in [3.63, 3.8) is 0 Å². The van der Waals surface area contributed by atoms with Gasteiger partial charge in [-0.25, -0.2) is 9.78 Å². The molecule has 2 heterocycles. The molecule has 158 valence electrons. The summed E-state index contributed by atoms with van der Waals surface area (Å²) in [5.74, 6) is 0.732. The van der Waals surface area contributed by atoms with Gasteiger partial charge in [0.05, 0.1) is 24.2 Å². The first-order chi connectivity index (χ1) is 13.7. The maximum Gasteiger partial charge on any atom is 0.407 e. The highest BCUT2D eigenvalue weighted by Crippen LogP contribution is 2.30. The molecule has 0 radical (unpaired) electrons. The number of hydrogen-bond donors (Lipinski definition) is 2. The molecular formula is C22H31N3O4. The number of nitrogens with zero attached hydrogens (tertiary/aromatic N) is 2. The number of aliphatic hydroxyl groups excluding tert-OH is 1. The number of aromatic nitrogens is 2. The van der Waals surface area contributed by atoms with Crippen molar-refractivity contribution in [2.75, 3.05) is 7.11 Å². The summed E-state index contributed by atoms with van der Waals surface area (Å²) in [4.78, 5) is 20.8. The molecule has 2 aromatic rings. The molecule has 2 N–H and O–H groups in total. The van der Waals surface area contributed by atoms with Gasteiger partial charge in [-0.3, -0.25) is 4.98 Å². The van der Waals surface area contributed by atoms with E-state index in [1.54, 1.807) is 19.4 Å². The smallest absolute Gasteiger partial charge is 0.407 e. The van der Waals surface area contributed by atoms with E-state index in [0.717, 1.165) is 42.3 Å². The minimum absolute atomic E-state index is 0.0981. The van der Waals surface area contributed by atoms with Crippen LogP contribution in [0.4, 0.5) is 4.79 Å². The second kappa shape index (κ2) is 8.95. The van der Waals surface area contributed by atoms with Crippen LogP contribution in [0.1, 0.15) is 52.0 Å². The molecule has 3 rings (SSSR count). The van der Waals surface area contributed by atoms with Crippen LogP contribution in [0.5, 0.6) is 5.88 Å². The van der Waals surface area contributed by atoms with Crippen LogP contribution in [0, 0.1) is 5.92 Å². The summed E-state index contributed by atoms with van der Waals surface area (Å²) in [6, 6.07) is 5.67. The van der Waals surface area contributed by atoms with Crippen molar-refractivity contribution in [2.45, 2.75) is 70.6 Å². The fourth-order valence-electron chi connectivity index (χ4n) is 3.85. The van der Waals surface area contributed by atoms with Crippen LogP contribution in [-0.2, 0) is 11.2 Å². The van der Waals surface area contributed by atoms with Crippen LogP contribution < -0.4 is 10.1 Å². The van der Waals surface area contributed by atoms with E-state index in [2.05, 4.69) is 15.3 Å². The number of rotatable bonds is 5. The number of carbonyl (C=O) groups is 1. The van der Waals surface area contributed by atoms with Gasteiger partial charge in [-0.1, -0.05) is 0 Å². The fraction of sp³-hybridized carbons (Fsp3) is 0.591. The number of amides is 1. The average Bonchev–Trinajstić information content (AvgIpc) is 2.67. The van der Waals surface area contributed by atoms with Crippen LogP contribution in [0.2, 0.25) is 0 Å². The summed E-state index contributed by atoms with van der Waals surface area (Å²) in [5, 5.41) is 13.8. The van der Waals surface area contributed by atoms with Crippen molar-refractivity contribution >= 4 is 17.1 Å². The highest BCUT2D eigenvalue weighted by molar-refractivity contribution is 5.78. The molecule has 0 aliphatic heterocycles. The Bertz CT molecular complexity index is 842. The largest absolute Gasteiger partial charge is 0.481 e. The molecule has 29 heavy (non-hydrogen) atoms. The number of fused-ring (bicyclic) bond motifs is 1. The Morgan fingerprint density at radius 2 is 1.97 bits per heavy atom. The molecule has 0 aromatic carbocycles. The van der Waals surface area contributed by atoms with Gasteiger partial charge in [-0.05, 0) is 70.1 Å². The summed E-state index contributed by atoms with van der Waals surface area (Å²) >= 11 is 0. The van der Waals surface area contributed by atoms with Gasteiger partial charge in [-0.2, -0.15) is 0 Å². The highest BCUT2D eigenvalue weighted by atomic mass is 16.6. The minimum Gasteiger partial charge on any atom is -0.481 e. The monoisotopic (exact) mass is 401 g/mol. The predicted molar refractivity (Wildman–Crippen MR) is 111 cm³/mol. The average molecular weight is 402 g/mol. The van der Waals surface area contributed by atoms with Gasteiger partial charge in [0.2, 0.25) is 5.88 Å². The molecule has 1 saturated carbocycles. The van der Waals surface area contributed by atoms with Crippen molar-refractivity contribution in [2.24, 2.45) is 5.92 Å². The lowest BCUT2D eigenvalue weighted by atomic mass is 9.81. The molecule has 1 aliphatic carbocycles. The van der Waals surface area contributed by atoms with Gasteiger partial charge >= 0.3 is 6.09 Å². The lowest BCUT2D eigenvalue weighted by Crippen LogP contribution is -2.42. The molecular weight excluding hydrogens is 370 g/mol. The minimum atomic E-state index is -0.499. The van der Waals surface area contributed by atoms with E-state index >= 15 is 0 Å². The molecule has 1 amide bonds. The lowest BCUT2D eigenvalue weighted by molar-refractivity contribution is 0.0451. The van der Waals surface area contributed by atoms with Crippen molar-refractivity contribution in [3.8, 4) is 5.88 Å². The molecule has 7 heteroatoms. The van der Waals surface area contributed by atoms with Crippen LogP contribution in [-0.4, -0.2) is 46.0 Å². The Labute approximate surface area is 171 Å². The number of carbonyl (C=O) groups excluding carboxylic acids is 1. The predicted octanol–water partition coefficient (Wildman–Crippen LogP) is 3.63. The van der Waals surface area contributed by atoms with E-state index in [4.69, 9.17) is 9.47 Å². The van der Waals surface area contributed by atoms with Gasteiger partial charge in [0, 0.05) is 24.7 Å². The Kier molecular flexibility index (Phi) is 6.57. The van der Waals surface area contributed by atoms with Crippen LogP contribution in [0.3, 0.4) is 0 Å². The van der Waals surface area contributed by atoms with Crippen LogP contribution >= 0.6 is 0 Å². The molecule has 7 nitrogen and oxygen atoms in total. The third kappa shape index (κ3) is 5.79. The number of hydrogen-bond acceptors (Lipinski definition) is 6. The lowest BCUT2D eigenvalue weighted by Gasteiger charge is -2.32. The number of ether oxygens (including phenoxy) is 2. The molecule has 0 bridgehead atoms. The van der Waals surface area contributed by atoms with E-state index in [1.807, 2.05) is 32.9 Å². The SMILES string of the molecule is COc1ccc2nccc(C[C@H](O)[C@H]3CC[C@H](NC(=O)OC(C)(C)C)CC3)c2n1. The zero-order valence-electron chi connectivity index (χ0n) is 17.6. The van der Waals surface area contributed by atoms with E-state index in [1.165, 1.54) is 0 Å². The second-order valence-electron chi connectivity index (χ2n) is 8.72. The summed E-state index contributed by atoms with van der Waals surface area (Å²) < 4.78 is 10.6.